The fraction of sp³-hybridized carbons (Fsp3) is 0.200. The van der Waals surface area contributed by atoms with Gasteiger partial charge in [-0.15, -0.1) is 0 Å². The summed E-state index contributed by atoms with van der Waals surface area (Å²) in [5.41, 5.74) is 3.34. The van der Waals surface area contributed by atoms with Gasteiger partial charge in [-0.3, -0.25) is 14.9 Å². The minimum absolute atomic E-state index is 0.0472. The Morgan fingerprint density at radius 2 is 1.67 bits per heavy atom. The number of carboxylic acids is 1. The number of ether oxygens (including phenoxy) is 1. The predicted octanol–water partition coefficient (Wildman–Crippen LogP) is 3.25. The summed E-state index contributed by atoms with van der Waals surface area (Å²) in [5, 5.41) is 24.8. The van der Waals surface area contributed by atoms with E-state index in [2.05, 4.69) is 5.32 Å². The molecule has 1 N–H and O–H groups in total. The van der Waals surface area contributed by atoms with Crippen LogP contribution in [0.15, 0.2) is 72.8 Å². The SMILES string of the molecule is CC(c1ccc(C(=O)[O-])cc1NC(=O)COCCc1ccc(-c2ccccc2)cc1)[N+](=O)[O-]. The number of nitrogens with zero attached hydrogens (tertiary/aromatic N) is 1. The third kappa shape index (κ3) is 6.47. The number of rotatable bonds is 10. The Labute approximate surface area is 191 Å². The van der Waals surface area contributed by atoms with Crippen LogP contribution in [0, 0.1) is 10.1 Å². The standard InChI is InChI=1S/C25H24N2O6/c1-17(27(31)32)22-12-11-21(25(29)30)15-23(22)26-24(28)16-33-14-13-18-7-9-20(10-8-18)19-5-3-2-4-6-19/h2-12,15,17H,13-14,16H2,1H3,(H,26,28)(H,29,30)/p-1. The van der Waals surface area contributed by atoms with E-state index in [4.69, 9.17) is 4.74 Å². The number of anilines is 1. The second kappa shape index (κ2) is 11.0. The minimum Gasteiger partial charge on any atom is -0.545 e. The molecule has 3 aromatic rings. The second-order valence-electron chi connectivity index (χ2n) is 7.46. The van der Waals surface area contributed by atoms with Gasteiger partial charge in [0.25, 0.3) is 0 Å². The Kier molecular flexibility index (Phi) is 7.88. The summed E-state index contributed by atoms with van der Waals surface area (Å²) in [6, 6.07) is 20.6. The van der Waals surface area contributed by atoms with Gasteiger partial charge in [-0.1, -0.05) is 60.7 Å². The average Bonchev–Trinajstić information content (AvgIpc) is 2.82. The number of amides is 1. The van der Waals surface area contributed by atoms with Gasteiger partial charge >= 0.3 is 0 Å². The summed E-state index contributed by atoms with van der Waals surface area (Å²) in [5.74, 6) is -1.98. The summed E-state index contributed by atoms with van der Waals surface area (Å²) < 4.78 is 5.44. The molecule has 0 bridgehead atoms. The number of carboxylic acid groups (broad SMARTS) is 1. The van der Waals surface area contributed by atoms with Crippen LogP contribution >= 0.6 is 0 Å². The minimum atomic E-state index is -1.44. The molecule has 0 aliphatic rings. The fourth-order valence-electron chi connectivity index (χ4n) is 3.31. The lowest BCUT2D eigenvalue weighted by atomic mass is 10.0. The zero-order valence-electron chi connectivity index (χ0n) is 18.0. The van der Waals surface area contributed by atoms with Gasteiger partial charge in [0.05, 0.1) is 18.3 Å². The zero-order chi connectivity index (χ0) is 23.8. The normalized spacial score (nSPS) is 11.5. The van der Waals surface area contributed by atoms with E-state index in [1.54, 1.807) is 0 Å². The maximum atomic E-state index is 12.3. The first-order valence-corrected chi connectivity index (χ1v) is 10.4. The van der Waals surface area contributed by atoms with Gasteiger partial charge in [-0.05, 0) is 40.8 Å². The Balaban J connectivity index is 1.54. The molecule has 1 amide bonds. The van der Waals surface area contributed by atoms with Crippen molar-refractivity contribution in [3.8, 4) is 11.1 Å². The lowest BCUT2D eigenvalue weighted by Crippen LogP contribution is -2.24. The van der Waals surface area contributed by atoms with Crippen molar-refractivity contribution in [3.63, 3.8) is 0 Å². The Morgan fingerprint density at radius 3 is 2.30 bits per heavy atom. The van der Waals surface area contributed by atoms with Gasteiger partial charge in [0.2, 0.25) is 11.9 Å². The number of nitro groups is 1. The number of hydrogen-bond donors (Lipinski definition) is 1. The first kappa shape index (κ1) is 23.6. The molecule has 0 fully saturated rings. The van der Waals surface area contributed by atoms with Crippen molar-refractivity contribution >= 4 is 17.6 Å². The monoisotopic (exact) mass is 447 g/mol. The van der Waals surface area contributed by atoms with Crippen LogP contribution in [0.1, 0.15) is 34.5 Å². The number of carbonyl (C=O) groups is 2. The highest BCUT2D eigenvalue weighted by Crippen LogP contribution is 2.26. The number of carbonyl (C=O) groups excluding carboxylic acids is 2. The first-order chi connectivity index (χ1) is 15.8. The van der Waals surface area contributed by atoms with Crippen molar-refractivity contribution < 1.29 is 24.4 Å². The molecule has 8 nitrogen and oxygen atoms in total. The van der Waals surface area contributed by atoms with Gasteiger partial charge in [0.1, 0.15) is 6.61 Å². The van der Waals surface area contributed by atoms with E-state index in [-0.39, 0.29) is 23.4 Å². The molecule has 3 rings (SSSR count). The van der Waals surface area contributed by atoms with Crippen LogP contribution in [-0.2, 0) is 16.0 Å². The summed E-state index contributed by atoms with van der Waals surface area (Å²) in [6.07, 6.45) is 0.603. The van der Waals surface area contributed by atoms with Crippen LogP contribution in [0.5, 0.6) is 0 Å². The Hall–Kier alpha value is -4.04. The molecule has 3 aromatic carbocycles. The summed E-state index contributed by atoms with van der Waals surface area (Å²) in [4.78, 5) is 34.0. The van der Waals surface area contributed by atoms with E-state index in [1.807, 2.05) is 54.6 Å². The molecule has 1 unspecified atom stereocenters. The van der Waals surface area contributed by atoms with Crippen molar-refractivity contribution in [2.24, 2.45) is 0 Å². The van der Waals surface area contributed by atoms with Crippen LogP contribution < -0.4 is 10.4 Å². The van der Waals surface area contributed by atoms with Crippen molar-refractivity contribution in [3.05, 3.63) is 99.6 Å². The van der Waals surface area contributed by atoms with E-state index in [1.165, 1.54) is 19.1 Å². The van der Waals surface area contributed by atoms with Crippen LogP contribution in [0.3, 0.4) is 0 Å². The fourth-order valence-corrected chi connectivity index (χ4v) is 3.31. The molecule has 0 heterocycles. The van der Waals surface area contributed by atoms with Crippen molar-refractivity contribution in [2.45, 2.75) is 19.4 Å². The highest BCUT2D eigenvalue weighted by molar-refractivity contribution is 5.95. The van der Waals surface area contributed by atoms with Crippen LogP contribution in [0.25, 0.3) is 11.1 Å². The Morgan fingerprint density at radius 1 is 1.00 bits per heavy atom. The smallest absolute Gasteiger partial charge is 0.250 e. The topological polar surface area (TPSA) is 122 Å². The maximum Gasteiger partial charge on any atom is 0.250 e. The lowest BCUT2D eigenvalue weighted by molar-refractivity contribution is -0.524. The van der Waals surface area contributed by atoms with Crippen molar-refractivity contribution in [2.75, 3.05) is 18.5 Å². The maximum absolute atomic E-state index is 12.3. The summed E-state index contributed by atoms with van der Waals surface area (Å²) in [6.45, 7) is 1.38. The van der Waals surface area contributed by atoms with Gasteiger partial charge in [-0.2, -0.15) is 0 Å². The predicted molar refractivity (Wildman–Crippen MR) is 121 cm³/mol. The highest BCUT2D eigenvalue weighted by Gasteiger charge is 2.21. The molecule has 1 atom stereocenters. The van der Waals surface area contributed by atoms with Crippen molar-refractivity contribution in [1.82, 2.24) is 0 Å². The van der Waals surface area contributed by atoms with E-state index < -0.39 is 22.8 Å². The summed E-state index contributed by atoms with van der Waals surface area (Å²) in [7, 11) is 0. The molecule has 0 radical (unpaired) electrons. The first-order valence-electron chi connectivity index (χ1n) is 10.4. The molecule has 0 aromatic heterocycles. The average molecular weight is 447 g/mol. The number of benzene rings is 3. The van der Waals surface area contributed by atoms with Crippen LogP contribution in [0.4, 0.5) is 5.69 Å². The second-order valence-corrected chi connectivity index (χ2v) is 7.46. The van der Waals surface area contributed by atoms with E-state index in [9.17, 15) is 24.8 Å². The molecular formula is C25H23N2O6-. The summed E-state index contributed by atoms with van der Waals surface area (Å²) >= 11 is 0. The zero-order valence-corrected chi connectivity index (χ0v) is 18.0. The number of aromatic carboxylic acids is 1. The van der Waals surface area contributed by atoms with Gasteiger partial charge in [0, 0.05) is 17.4 Å². The van der Waals surface area contributed by atoms with Gasteiger partial charge in [-0.25, -0.2) is 0 Å². The third-order valence-corrected chi connectivity index (χ3v) is 5.16. The van der Waals surface area contributed by atoms with Gasteiger partial charge in [0.15, 0.2) is 0 Å². The highest BCUT2D eigenvalue weighted by atomic mass is 16.6. The molecule has 33 heavy (non-hydrogen) atoms. The molecule has 0 saturated carbocycles. The number of nitrogens with one attached hydrogen (secondary N) is 1. The molecule has 0 aliphatic heterocycles. The molecule has 0 aliphatic carbocycles. The molecule has 170 valence electrons. The van der Waals surface area contributed by atoms with Crippen molar-refractivity contribution in [1.29, 1.82) is 0 Å². The molecular weight excluding hydrogens is 424 g/mol. The quantitative estimate of drug-likeness (QED) is 0.289. The molecule has 0 spiro atoms. The van der Waals surface area contributed by atoms with Crippen LogP contribution in [-0.4, -0.2) is 30.0 Å². The van der Waals surface area contributed by atoms with E-state index in [0.717, 1.165) is 22.8 Å². The third-order valence-electron chi connectivity index (χ3n) is 5.16. The van der Waals surface area contributed by atoms with E-state index in [0.29, 0.717) is 13.0 Å². The van der Waals surface area contributed by atoms with Crippen LogP contribution in [0.2, 0.25) is 0 Å². The lowest BCUT2D eigenvalue weighted by Gasteiger charge is -2.14. The van der Waals surface area contributed by atoms with E-state index >= 15 is 0 Å². The largest absolute Gasteiger partial charge is 0.545 e. The Bertz CT molecular complexity index is 1130. The molecule has 0 saturated heterocycles. The molecule has 8 heteroatoms. The number of hydrogen-bond acceptors (Lipinski definition) is 6. The van der Waals surface area contributed by atoms with Gasteiger partial charge < -0.3 is 20.0 Å².